The van der Waals surface area contributed by atoms with Crippen molar-refractivity contribution in [1.82, 2.24) is 0 Å². The van der Waals surface area contributed by atoms with Crippen molar-refractivity contribution < 1.29 is 12.8 Å². The molecule has 0 aliphatic heterocycles. The maximum atomic E-state index is 13.0. The van der Waals surface area contributed by atoms with Gasteiger partial charge < -0.3 is 0 Å². The summed E-state index contributed by atoms with van der Waals surface area (Å²) in [5, 5.41) is 13.2. The van der Waals surface area contributed by atoms with Crippen LogP contribution in [-0.4, -0.2) is 8.42 Å². The number of nitriles is 1. The van der Waals surface area contributed by atoms with Crippen LogP contribution in [0, 0.1) is 17.1 Å². The largest absolute Gasteiger partial charge is 0.228 e. The lowest BCUT2D eigenvalue weighted by atomic mass is 10.1. The predicted octanol–water partition coefficient (Wildman–Crippen LogP) is 0.486. The Morgan fingerprint density at radius 1 is 1.50 bits per heavy atom. The van der Waals surface area contributed by atoms with E-state index in [2.05, 4.69) is 0 Å². The zero-order chi connectivity index (χ0) is 10.8. The molecule has 0 heterocycles. The summed E-state index contributed by atoms with van der Waals surface area (Å²) in [5.41, 5.74) is 0.104. The van der Waals surface area contributed by atoms with Gasteiger partial charge >= 0.3 is 0 Å². The number of primary sulfonamides is 1. The van der Waals surface area contributed by atoms with Gasteiger partial charge in [0.15, 0.2) is 0 Å². The van der Waals surface area contributed by atoms with Gasteiger partial charge in [0.25, 0.3) is 0 Å². The summed E-state index contributed by atoms with van der Waals surface area (Å²) >= 11 is 0. The molecule has 1 rings (SSSR count). The number of benzene rings is 1. The number of rotatable bonds is 2. The van der Waals surface area contributed by atoms with Gasteiger partial charge in [0.05, 0.1) is 11.3 Å². The molecule has 1 aromatic rings. The minimum atomic E-state index is -3.66. The number of nitrogens with two attached hydrogens (primary N) is 1. The van der Waals surface area contributed by atoms with Crippen LogP contribution in [0.1, 0.15) is 11.1 Å². The van der Waals surface area contributed by atoms with Crippen molar-refractivity contribution in [2.75, 3.05) is 0 Å². The van der Waals surface area contributed by atoms with Gasteiger partial charge in [0, 0.05) is 0 Å². The van der Waals surface area contributed by atoms with E-state index in [1.54, 1.807) is 6.07 Å². The fourth-order valence-electron chi connectivity index (χ4n) is 0.971. The zero-order valence-electron chi connectivity index (χ0n) is 7.07. The van der Waals surface area contributed by atoms with Gasteiger partial charge in [-0.25, -0.2) is 17.9 Å². The molecule has 6 heteroatoms. The van der Waals surface area contributed by atoms with Gasteiger partial charge in [-0.15, -0.1) is 0 Å². The zero-order valence-corrected chi connectivity index (χ0v) is 7.88. The van der Waals surface area contributed by atoms with Gasteiger partial charge in [0.1, 0.15) is 11.9 Å². The summed E-state index contributed by atoms with van der Waals surface area (Å²) < 4.78 is 34.3. The van der Waals surface area contributed by atoms with Crippen LogP contribution in [0.3, 0.4) is 0 Å². The fourth-order valence-corrected chi connectivity index (χ4v) is 1.62. The van der Waals surface area contributed by atoms with E-state index < -0.39 is 21.6 Å². The molecule has 0 bridgehead atoms. The van der Waals surface area contributed by atoms with Gasteiger partial charge in [-0.1, -0.05) is 6.07 Å². The van der Waals surface area contributed by atoms with E-state index in [9.17, 15) is 12.8 Å². The van der Waals surface area contributed by atoms with Crippen LogP contribution in [0.5, 0.6) is 0 Å². The highest BCUT2D eigenvalue weighted by Crippen LogP contribution is 2.10. The van der Waals surface area contributed by atoms with Crippen molar-refractivity contribution in [2.45, 2.75) is 5.75 Å². The van der Waals surface area contributed by atoms with Crippen molar-refractivity contribution >= 4 is 10.0 Å². The van der Waals surface area contributed by atoms with Crippen molar-refractivity contribution in [3.8, 4) is 6.07 Å². The molecule has 0 aliphatic rings. The first-order valence-electron chi connectivity index (χ1n) is 3.61. The van der Waals surface area contributed by atoms with Gasteiger partial charge in [-0.3, -0.25) is 0 Å². The van der Waals surface area contributed by atoms with Gasteiger partial charge in [-0.05, 0) is 17.7 Å². The molecular weight excluding hydrogens is 207 g/mol. The summed E-state index contributed by atoms with van der Waals surface area (Å²) in [5.74, 6) is -1.18. The molecule has 0 spiro atoms. The molecule has 1 aromatic carbocycles. The average molecular weight is 214 g/mol. The van der Waals surface area contributed by atoms with Crippen LogP contribution in [0.4, 0.5) is 4.39 Å². The second kappa shape index (κ2) is 3.74. The highest BCUT2D eigenvalue weighted by atomic mass is 32.2. The molecular formula is C8H7FN2O2S. The molecule has 2 N–H and O–H groups in total. The Bertz CT molecular complexity index is 491. The third-order valence-electron chi connectivity index (χ3n) is 1.52. The Labute approximate surface area is 80.8 Å². The SMILES string of the molecule is N#Cc1ccc(CS(N)(=O)=O)cc1F. The first-order chi connectivity index (χ1) is 6.42. The lowest BCUT2D eigenvalue weighted by Crippen LogP contribution is -2.14. The summed E-state index contributed by atoms with van der Waals surface area (Å²) in [6, 6.07) is 5.19. The molecule has 0 amide bonds. The average Bonchev–Trinajstić information content (AvgIpc) is 2.01. The maximum absolute atomic E-state index is 13.0. The van der Waals surface area contributed by atoms with E-state index in [-0.39, 0.29) is 11.1 Å². The lowest BCUT2D eigenvalue weighted by molar-refractivity contribution is 0.596. The van der Waals surface area contributed by atoms with Crippen molar-refractivity contribution in [2.24, 2.45) is 5.14 Å². The van der Waals surface area contributed by atoms with E-state index in [4.69, 9.17) is 10.4 Å². The fraction of sp³-hybridized carbons (Fsp3) is 0.125. The normalized spacial score (nSPS) is 10.9. The summed E-state index contributed by atoms with van der Waals surface area (Å²) in [7, 11) is -3.66. The summed E-state index contributed by atoms with van der Waals surface area (Å²) in [4.78, 5) is 0. The summed E-state index contributed by atoms with van der Waals surface area (Å²) in [6.07, 6.45) is 0. The lowest BCUT2D eigenvalue weighted by Gasteiger charge is -1.99. The number of halogens is 1. The number of hydrogen-bond donors (Lipinski definition) is 1. The monoisotopic (exact) mass is 214 g/mol. The van der Waals surface area contributed by atoms with Crippen LogP contribution < -0.4 is 5.14 Å². The van der Waals surface area contributed by atoms with Crippen molar-refractivity contribution in [1.29, 1.82) is 5.26 Å². The first-order valence-corrected chi connectivity index (χ1v) is 5.33. The molecule has 0 aliphatic carbocycles. The Morgan fingerprint density at radius 3 is 2.57 bits per heavy atom. The Hall–Kier alpha value is -1.45. The molecule has 4 nitrogen and oxygen atoms in total. The van der Waals surface area contributed by atoms with Crippen LogP contribution >= 0.6 is 0 Å². The van der Waals surface area contributed by atoms with E-state index in [1.807, 2.05) is 0 Å². The number of nitrogens with zero attached hydrogens (tertiary/aromatic N) is 1. The van der Waals surface area contributed by atoms with E-state index >= 15 is 0 Å². The molecule has 0 atom stereocenters. The minimum absolute atomic E-state index is 0.122. The molecule has 0 unspecified atom stereocenters. The van der Waals surface area contributed by atoms with E-state index in [0.717, 1.165) is 6.07 Å². The molecule has 0 saturated carbocycles. The summed E-state index contributed by atoms with van der Waals surface area (Å²) in [6.45, 7) is 0. The molecule has 0 radical (unpaired) electrons. The van der Waals surface area contributed by atoms with Crippen LogP contribution in [0.25, 0.3) is 0 Å². The second-order valence-electron chi connectivity index (χ2n) is 2.73. The van der Waals surface area contributed by atoms with E-state index in [1.165, 1.54) is 12.1 Å². The molecule has 0 fully saturated rings. The number of hydrogen-bond acceptors (Lipinski definition) is 3. The third-order valence-corrected chi connectivity index (χ3v) is 2.26. The van der Waals surface area contributed by atoms with E-state index in [0.29, 0.717) is 0 Å². The van der Waals surface area contributed by atoms with Crippen molar-refractivity contribution in [3.05, 3.63) is 35.1 Å². The Kier molecular flexibility index (Phi) is 2.84. The van der Waals surface area contributed by atoms with Crippen LogP contribution in [0.2, 0.25) is 0 Å². The second-order valence-corrected chi connectivity index (χ2v) is 4.35. The minimum Gasteiger partial charge on any atom is -0.228 e. The maximum Gasteiger partial charge on any atom is 0.213 e. The highest BCUT2D eigenvalue weighted by Gasteiger charge is 2.08. The third kappa shape index (κ3) is 2.80. The number of sulfonamides is 1. The van der Waals surface area contributed by atoms with Crippen molar-refractivity contribution in [3.63, 3.8) is 0 Å². The molecule has 74 valence electrons. The Balaban J connectivity index is 3.06. The van der Waals surface area contributed by atoms with Gasteiger partial charge in [-0.2, -0.15) is 5.26 Å². The van der Waals surface area contributed by atoms with Crippen LogP contribution in [0.15, 0.2) is 18.2 Å². The molecule has 0 aromatic heterocycles. The molecule has 0 saturated heterocycles. The van der Waals surface area contributed by atoms with Crippen LogP contribution in [-0.2, 0) is 15.8 Å². The quantitative estimate of drug-likeness (QED) is 0.777. The standard InChI is InChI=1S/C8H7FN2O2S/c9-8-3-6(5-14(11,12)13)1-2-7(8)4-10/h1-3H,5H2,(H2,11,12,13). The predicted molar refractivity (Wildman–Crippen MR) is 47.9 cm³/mol. The van der Waals surface area contributed by atoms with Gasteiger partial charge in [0.2, 0.25) is 10.0 Å². The molecule has 14 heavy (non-hydrogen) atoms. The Morgan fingerprint density at radius 2 is 2.14 bits per heavy atom. The highest BCUT2D eigenvalue weighted by molar-refractivity contribution is 7.88. The topological polar surface area (TPSA) is 83.9 Å². The smallest absolute Gasteiger partial charge is 0.213 e. The first kappa shape index (κ1) is 10.6.